The van der Waals surface area contributed by atoms with Crippen LogP contribution in [0.25, 0.3) is 0 Å². The van der Waals surface area contributed by atoms with Gasteiger partial charge in [-0.1, -0.05) is 6.92 Å². The Hall–Kier alpha value is -1.14. The van der Waals surface area contributed by atoms with Gasteiger partial charge in [-0.3, -0.25) is 19.4 Å². The predicted molar refractivity (Wildman–Crippen MR) is 77.7 cm³/mol. The molecule has 20 heavy (non-hydrogen) atoms. The van der Waals surface area contributed by atoms with Crippen LogP contribution in [0.3, 0.4) is 0 Å². The van der Waals surface area contributed by atoms with Gasteiger partial charge in [0.15, 0.2) is 0 Å². The SMILES string of the molecule is CCC(C(=O)O)N1CCN(CC(=O)N(CC)CC)CC1. The second-order valence-corrected chi connectivity index (χ2v) is 5.14. The lowest BCUT2D eigenvalue weighted by molar-refractivity contribution is -0.144. The van der Waals surface area contributed by atoms with Gasteiger partial charge in [0.05, 0.1) is 6.54 Å². The lowest BCUT2D eigenvalue weighted by atomic mass is 10.1. The number of likely N-dealkylation sites (N-methyl/N-ethyl adjacent to an activating group) is 1. The Bertz CT molecular complexity index is 324. The van der Waals surface area contributed by atoms with Crippen LogP contribution in [0.5, 0.6) is 0 Å². The minimum Gasteiger partial charge on any atom is -0.480 e. The second kappa shape index (κ2) is 8.21. The van der Waals surface area contributed by atoms with Crippen LogP contribution in [0, 0.1) is 0 Å². The second-order valence-electron chi connectivity index (χ2n) is 5.14. The summed E-state index contributed by atoms with van der Waals surface area (Å²) in [6.07, 6.45) is 0.619. The zero-order chi connectivity index (χ0) is 15.1. The number of nitrogens with zero attached hydrogens (tertiary/aromatic N) is 3. The van der Waals surface area contributed by atoms with Crippen molar-refractivity contribution >= 4 is 11.9 Å². The number of amides is 1. The van der Waals surface area contributed by atoms with Crippen molar-refractivity contribution in [1.29, 1.82) is 0 Å². The standard InChI is InChI=1S/C14H27N3O3/c1-4-12(14(19)20)17-9-7-15(8-10-17)11-13(18)16(5-2)6-3/h12H,4-11H2,1-3H3,(H,19,20). The number of hydrogen-bond donors (Lipinski definition) is 1. The van der Waals surface area contributed by atoms with E-state index in [1.807, 2.05) is 30.6 Å². The van der Waals surface area contributed by atoms with Gasteiger partial charge in [-0.2, -0.15) is 0 Å². The molecule has 116 valence electrons. The lowest BCUT2D eigenvalue weighted by Gasteiger charge is -2.37. The highest BCUT2D eigenvalue weighted by Gasteiger charge is 2.28. The minimum atomic E-state index is -0.750. The number of carbonyl (C=O) groups is 2. The molecule has 0 aromatic rings. The van der Waals surface area contributed by atoms with Crippen molar-refractivity contribution in [3.63, 3.8) is 0 Å². The van der Waals surface area contributed by atoms with E-state index in [0.717, 1.165) is 39.3 Å². The molecule has 1 amide bonds. The van der Waals surface area contributed by atoms with Crippen molar-refractivity contribution < 1.29 is 14.7 Å². The fourth-order valence-corrected chi connectivity index (χ4v) is 2.69. The van der Waals surface area contributed by atoms with Crippen molar-refractivity contribution in [1.82, 2.24) is 14.7 Å². The smallest absolute Gasteiger partial charge is 0.320 e. The van der Waals surface area contributed by atoms with Gasteiger partial charge in [0.2, 0.25) is 5.91 Å². The summed E-state index contributed by atoms with van der Waals surface area (Å²) in [6.45, 7) is 10.8. The molecule has 1 aliphatic rings. The number of carboxylic acid groups (broad SMARTS) is 1. The van der Waals surface area contributed by atoms with Crippen molar-refractivity contribution in [2.24, 2.45) is 0 Å². The van der Waals surface area contributed by atoms with E-state index < -0.39 is 12.0 Å². The van der Waals surface area contributed by atoms with Gasteiger partial charge in [0, 0.05) is 39.3 Å². The molecule has 1 aliphatic heterocycles. The van der Waals surface area contributed by atoms with Crippen LogP contribution in [0.4, 0.5) is 0 Å². The Morgan fingerprint density at radius 3 is 2.05 bits per heavy atom. The molecule has 1 rings (SSSR count). The van der Waals surface area contributed by atoms with Crippen molar-refractivity contribution in [2.45, 2.75) is 33.2 Å². The summed E-state index contributed by atoms with van der Waals surface area (Å²) in [6, 6.07) is -0.393. The van der Waals surface area contributed by atoms with Gasteiger partial charge in [-0.25, -0.2) is 0 Å². The molecule has 0 aromatic carbocycles. The lowest BCUT2D eigenvalue weighted by Crippen LogP contribution is -2.54. The molecule has 0 radical (unpaired) electrons. The van der Waals surface area contributed by atoms with Crippen LogP contribution in [0.2, 0.25) is 0 Å². The van der Waals surface area contributed by atoms with E-state index in [2.05, 4.69) is 4.90 Å². The fraction of sp³-hybridized carbons (Fsp3) is 0.857. The maximum Gasteiger partial charge on any atom is 0.320 e. The van der Waals surface area contributed by atoms with Crippen LogP contribution in [0.1, 0.15) is 27.2 Å². The molecular formula is C14H27N3O3. The van der Waals surface area contributed by atoms with Gasteiger partial charge < -0.3 is 10.0 Å². The van der Waals surface area contributed by atoms with Gasteiger partial charge in [0.25, 0.3) is 0 Å². The summed E-state index contributed by atoms with van der Waals surface area (Å²) < 4.78 is 0. The van der Waals surface area contributed by atoms with Crippen molar-refractivity contribution in [2.75, 3.05) is 45.8 Å². The highest BCUT2D eigenvalue weighted by Crippen LogP contribution is 2.10. The van der Waals surface area contributed by atoms with Gasteiger partial charge in [0.1, 0.15) is 6.04 Å². The molecule has 1 heterocycles. The Morgan fingerprint density at radius 1 is 1.10 bits per heavy atom. The van der Waals surface area contributed by atoms with Gasteiger partial charge >= 0.3 is 5.97 Å². The Balaban J connectivity index is 2.42. The van der Waals surface area contributed by atoms with E-state index in [9.17, 15) is 9.59 Å². The molecule has 0 spiro atoms. The Labute approximate surface area is 121 Å². The van der Waals surface area contributed by atoms with Crippen LogP contribution in [-0.2, 0) is 9.59 Å². The van der Waals surface area contributed by atoms with Gasteiger partial charge in [-0.05, 0) is 20.3 Å². The molecule has 1 fully saturated rings. The number of aliphatic carboxylic acids is 1. The largest absolute Gasteiger partial charge is 0.480 e. The third-order valence-corrected chi connectivity index (χ3v) is 3.99. The van der Waals surface area contributed by atoms with E-state index >= 15 is 0 Å². The zero-order valence-electron chi connectivity index (χ0n) is 12.8. The summed E-state index contributed by atoms with van der Waals surface area (Å²) in [5.74, 6) is -0.589. The fourth-order valence-electron chi connectivity index (χ4n) is 2.69. The third-order valence-electron chi connectivity index (χ3n) is 3.99. The summed E-state index contributed by atoms with van der Waals surface area (Å²) >= 11 is 0. The molecule has 1 saturated heterocycles. The first-order chi connectivity index (χ1) is 9.53. The molecule has 0 bridgehead atoms. The highest BCUT2D eigenvalue weighted by atomic mass is 16.4. The first kappa shape index (κ1) is 16.9. The van der Waals surface area contributed by atoms with Crippen LogP contribution >= 0.6 is 0 Å². The van der Waals surface area contributed by atoms with Crippen LogP contribution in [-0.4, -0.2) is 83.5 Å². The Morgan fingerprint density at radius 2 is 1.65 bits per heavy atom. The molecule has 0 saturated carbocycles. The molecule has 1 unspecified atom stereocenters. The predicted octanol–water partition coefficient (Wildman–Crippen LogP) is 0.336. The van der Waals surface area contributed by atoms with E-state index in [0.29, 0.717) is 13.0 Å². The van der Waals surface area contributed by atoms with E-state index in [1.165, 1.54) is 0 Å². The summed E-state index contributed by atoms with van der Waals surface area (Å²) in [7, 11) is 0. The molecule has 0 aromatic heterocycles. The molecule has 1 N–H and O–H groups in total. The monoisotopic (exact) mass is 285 g/mol. The van der Waals surface area contributed by atoms with Gasteiger partial charge in [-0.15, -0.1) is 0 Å². The molecule has 6 nitrogen and oxygen atoms in total. The van der Waals surface area contributed by atoms with E-state index in [1.54, 1.807) is 0 Å². The number of rotatable bonds is 7. The highest BCUT2D eigenvalue weighted by molar-refractivity contribution is 5.78. The molecular weight excluding hydrogens is 258 g/mol. The molecule has 6 heteroatoms. The summed E-state index contributed by atoms with van der Waals surface area (Å²) in [5, 5.41) is 9.16. The van der Waals surface area contributed by atoms with Crippen LogP contribution in [0.15, 0.2) is 0 Å². The molecule has 1 atom stereocenters. The normalized spacial score (nSPS) is 18.8. The average Bonchev–Trinajstić information content (AvgIpc) is 2.42. The number of piperazine rings is 1. The maximum atomic E-state index is 12.0. The molecule has 0 aliphatic carbocycles. The Kier molecular flexibility index (Phi) is 6.95. The zero-order valence-corrected chi connectivity index (χ0v) is 12.8. The maximum absolute atomic E-state index is 12.0. The summed E-state index contributed by atoms with van der Waals surface area (Å²) in [4.78, 5) is 29.1. The number of hydrogen-bond acceptors (Lipinski definition) is 4. The van der Waals surface area contributed by atoms with Crippen molar-refractivity contribution in [3.8, 4) is 0 Å². The number of carbonyl (C=O) groups excluding carboxylic acids is 1. The average molecular weight is 285 g/mol. The van der Waals surface area contributed by atoms with E-state index in [-0.39, 0.29) is 5.91 Å². The minimum absolute atomic E-state index is 0.161. The topological polar surface area (TPSA) is 64.1 Å². The number of carboxylic acids is 1. The van der Waals surface area contributed by atoms with Crippen LogP contribution < -0.4 is 0 Å². The first-order valence-electron chi connectivity index (χ1n) is 7.50. The quantitative estimate of drug-likeness (QED) is 0.730. The van der Waals surface area contributed by atoms with E-state index in [4.69, 9.17) is 5.11 Å². The van der Waals surface area contributed by atoms with Crippen molar-refractivity contribution in [3.05, 3.63) is 0 Å². The third kappa shape index (κ3) is 4.45. The first-order valence-corrected chi connectivity index (χ1v) is 7.50. The summed E-state index contributed by atoms with van der Waals surface area (Å²) in [5.41, 5.74) is 0.